The van der Waals surface area contributed by atoms with Gasteiger partial charge in [-0.15, -0.1) is 0 Å². The lowest BCUT2D eigenvalue weighted by molar-refractivity contribution is -0.932. The second-order valence-electron chi connectivity index (χ2n) is 8.75. The number of amides is 2. The van der Waals surface area contributed by atoms with Gasteiger partial charge in [0.2, 0.25) is 0 Å². The summed E-state index contributed by atoms with van der Waals surface area (Å²) in [5.74, 6) is -0.119. The quantitative estimate of drug-likeness (QED) is 0.728. The predicted molar refractivity (Wildman–Crippen MR) is 121 cm³/mol. The molecule has 0 bridgehead atoms. The number of nitrogens with one attached hydrogen (secondary N) is 1. The number of rotatable bonds is 6. The van der Waals surface area contributed by atoms with Crippen LogP contribution in [0.25, 0.3) is 0 Å². The van der Waals surface area contributed by atoms with E-state index in [4.69, 9.17) is 0 Å². The molecule has 0 atom stereocenters. The van der Waals surface area contributed by atoms with Crippen LogP contribution in [0.15, 0.2) is 48.5 Å². The van der Waals surface area contributed by atoms with Gasteiger partial charge in [-0.3, -0.25) is 9.59 Å². The first-order chi connectivity index (χ1) is 14.4. The summed E-state index contributed by atoms with van der Waals surface area (Å²) in [4.78, 5) is 27.4. The summed E-state index contributed by atoms with van der Waals surface area (Å²) in [6.07, 6.45) is 4.76. The van der Waals surface area contributed by atoms with Crippen LogP contribution in [0.4, 0.5) is 5.69 Å². The lowest BCUT2D eigenvalue weighted by Crippen LogP contribution is -2.52. The molecule has 1 saturated heterocycles. The van der Waals surface area contributed by atoms with Crippen LogP contribution in [0.3, 0.4) is 0 Å². The van der Waals surface area contributed by atoms with E-state index >= 15 is 0 Å². The minimum Gasteiger partial charge on any atom is -0.345 e. The maximum absolute atomic E-state index is 13.2. The summed E-state index contributed by atoms with van der Waals surface area (Å²) in [7, 11) is 3.46. The molecular formula is C25H34N3O2+. The molecule has 1 fully saturated rings. The number of benzene rings is 2. The number of nitrogens with zero attached hydrogens (tertiary/aromatic N) is 2. The fourth-order valence-corrected chi connectivity index (χ4v) is 4.44. The van der Waals surface area contributed by atoms with Crippen molar-refractivity contribution in [2.75, 3.05) is 39.0 Å². The fourth-order valence-electron chi connectivity index (χ4n) is 4.44. The molecule has 1 heterocycles. The van der Waals surface area contributed by atoms with E-state index in [-0.39, 0.29) is 11.8 Å². The van der Waals surface area contributed by atoms with Crippen molar-refractivity contribution in [3.05, 3.63) is 65.2 Å². The Hall–Kier alpha value is -2.66. The molecule has 2 aromatic rings. The Morgan fingerprint density at radius 2 is 1.60 bits per heavy atom. The van der Waals surface area contributed by atoms with Gasteiger partial charge < -0.3 is 14.7 Å². The molecule has 0 aliphatic carbocycles. The normalized spacial score (nSPS) is 15.8. The highest BCUT2D eigenvalue weighted by Gasteiger charge is 2.32. The SMILES string of the molecule is Cc1cccc(C(=O)N(C)C)c1NC(=O)C[N+]1(Cc2ccccc2)CCCCCC1. The lowest BCUT2D eigenvalue weighted by atomic mass is 10.1. The van der Waals surface area contributed by atoms with Crippen LogP contribution in [0.5, 0.6) is 0 Å². The third kappa shape index (κ3) is 5.48. The molecule has 160 valence electrons. The molecule has 0 radical (unpaired) electrons. The van der Waals surface area contributed by atoms with Crippen molar-refractivity contribution >= 4 is 17.5 Å². The smallest absolute Gasteiger partial charge is 0.279 e. The van der Waals surface area contributed by atoms with Crippen molar-refractivity contribution < 1.29 is 14.1 Å². The number of carbonyl (C=O) groups excluding carboxylic acids is 2. The number of likely N-dealkylation sites (tertiary alicyclic amines) is 1. The van der Waals surface area contributed by atoms with Crippen molar-refractivity contribution in [3.63, 3.8) is 0 Å². The third-order valence-corrected chi connectivity index (χ3v) is 6.03. The van der Waals surface area contributed by atoms with Gasteiger partial charge in [0, 0.05) is 19.7 Å². The summed E-state index contributed by atoms with van der Waals surface area (Å²) in [5.41, 5.74) is 3.35. The highest BCUT2D eigenvalue weighted by Crippen LogP contribution is 2.25. The van der Waals surface area contributed by atoms with E-state index in [9.17, 15) is 9.59 Å². The summed E-state index contributed by atoms with van der Waals surface area (Å²) in [6, 6.07) is 16.0. The number of anilines is 1. The van der Waals surface area contributed by atoms with Crippen LogP contribution in [-0.2, 0) is 11.3 Å². The molecule has 0 saturated carbocycles. The predicted octanol–water partition coefficient (Wildman–Crippen LogP) is 4.23. The number of quaternary nitrogens is 1. The Balaban J connectivity index is 1.82. The molecule has 1 aliphatic rings. The Kier molecular flexibility index (Phi) is 7.27. The van der Waals surface area contributed by atoms with E-state index in [0.29, 0.717) is 17.8 Å². The first-order valence-corrected chi connectivity index (χ1v) is 10.9. The highest BCUT2D eigenvalue weighted by atomic mass is 16.2. The third-order valence-electron chi connectivity index (χ3n) is 6.03. The maximum Gasteiger partial charge on any atom is 0.279 e. The van der Waals surface area contributed by atoms with Crippen LogP contribution in [0.2, 0.25) is 0 Å². The van der Waals surface area contributed by atoms with Crippen LogP contribution < -0.4 is 5.32 Å². The molecular weight excluding hydrogens is 374 g/mol. The van der Waals surface area contributed by atoms with Crippen molar-refractivity contribution in [2.45, 2.75) is 39.2 Å². The molecule has 2 aromatic carbocycles. The van der Waals surface area contributed by atoms with Gasteiger partial charge in [0.15, 0.2) is 6.54 Å². The van der Waals surface area contributed by atoms with E-state index in [1.54, 1.807) is 25.1 Å². The topological polar surface area (TPSA) is 49.4 Å². The standard InChI is InChI=1S/C25H33N3O2/c1-20-12-11-15-22(25(30)27(2)3)24(20)26-23(29)19-28(16-9-4-5-10-17-28)18-21-13-7-6-8-14-21/h6-8,11-15H,4-5,9-10,16-19H2,1-3H3/p+1. The van der Waals surface area contributed by atoms with Crippen molar-refractivity contribution in [1.29, 1.82) is 0 Å². The van der Waals surface area contributed by atoms with Gasteiger partial charge >= 0.3 is 0 Å². The maximum atomic E-state index is 13.2. The van der Waals surface area contributed by atoms with Gasteiger partial charge in [0.25, 0.3) is 11.8 Å². The molecule has 0 unspecified atom stereocenters. The number of aryl methyl sites for hydroxylation is 1. The van der Waals surface area contributed by atoms with Gasteiger partial charge in [0.1, 0.15) is 6.54 Å². The first kappa shape index (κ1) is 22.0. The molecule has 5 nitrogen and oxygen atoms in total. The Morgan fingerprint density at radius 1 is 0.933 bits per heavy atom. The minimum absolute atomic E-state index is 0.0186. The molecule has 1 N–H and O–H groups in total. The van der Waals surface area contributed by atoms with Crippen LogP contribution in [0, 0.1) is 6.92 Å². The van der Waals surface area contributed by atoms with Gasteiger partial charge in [-0.05, 0) is 44.2 Å². The summed E-state index contributed by atoms with van der Waals surface area (Å²) in [6.45, 7) is 5.26. The summed E-state index contributed by atoms with van der Waals surface area (Å²) < 4.78 is 0.776. The zero-order valence-electron chi connectivity index (χ0n) is 18.5. The Morgan fingerprint density at radius 3 is 2.23 bits per heavy atom. The molecule has 0 spiro atoms. The van der Waals surface area contributed by atoms with E-state index < -0.39 is 0 Å². The Labute approximate surface area is 180 Å². The van der Waals surface area contributed by atoms with Crippen molar-refractivity contribution in [3.8, 4) is 0 Å². The average molecular weight is 409 g/mol. The van der Waals surface area contributed by atoms with Crippen LogP contribution in [0.1, 0.15) is 47.2 Å². The van der Waals surface area contributed by atoms with Crippen molar-refractivity contribution in [1.82, 2.24) is 4.90 Å². The molecule has 1 aliphatic heterocycles. The van der Waals surface area contributed by atoms with E-state index in [1.807, 2.05) is 25.1 Å². The first-order valence-electron chi connectivity index (χ1n) is 10.9. The minimum atomic E-state index is -0.100. The second kappa shape index (κ2) is 9.90. The molecule has 0 aromatic heterocycles. The largest absolute Gasteiger partial charge is 0.345 e. The second-order valence-corrected chi connectivity index (χ2v) is 8.75. The fraction of sp³-hybridized carbons (Fsp3) is 0.440. The van der Waals surface area contributed by atoms with Gasteiger partial charge in [-0.1, -0.05) is 42.5 Å². The summed E-state index contributed by atoms with van der Waals surface area (Å²) in [5, 5.41) is 3.09. The number of hydrogen-bond donors (Lipinski definition) is 1. The monoisotopic (exact) mass is 408 g/mol. The molecule has 3 rings (SSSR count). The van der Waals surface area contributed by atoms with Gasteiger partial charge in [-0.2, -0.15) is 0 Å². The van der Waals surface area contributed by atoms with Crippen LogP contribution >= 0.6 is 0 Å². The van der Waals surface area contributed by atoms with Crippen molar-refractivity contribution in [2.24, 2.45) is 0 Å². The highest BCUT2D eigenvalue weighted by molar-refractivity contribution is 6.04. The Bertz CT molecular complexity index is 869. The zero-order chi connectivity index (χ0) is 21.6. The van der Waals surface area contributed by atoms with E-state index in [1.165, 1.54) is 18.4 Å². The number of hydrogen-bond acceptors (Lipinski definition) is 2. The zero-order valence-corrected chi connectivity index (χ0v) is 18.5. The van der Waals surface area contributed by atoms with Gasteiger partial charge in [0.05, 0.1) is 24.3 Å². The molecule has 2 amide bonds. The number of carbonyl (C=O) groups is 2. The van der Waals surface area contributed by atoms with E-state index in [2.05, 4.69) is 29.6 Å². The van der Waals surface area contributed by atoms with Gasteiger partial charge in [-0.25, -0.2) is 0 Å². The van der Waals surface area contributed by atoms with Crippen LogP contribution in [-0.4, -0.2) is 54.9 Å². The molecule has 30 heavy (non-hydrogen) atoms. The lowest BCUT2D eigenvalue weighted by Gasteiger charge is -2.37. The molecule has 5 heteroatoms. The average Bonchev–Trinajstić information content (AvgIpc) is 2.95. The summed E-state index contributed by atoms with van der Waals surface area (Å²) >= 11 is 0. The van der Waals surface area contributed by atoms with E-state index in [0.717, 1.165) is 42.5 Å². The number of para-hydroxylation sites is 1.